The topological polar surface area (TPSA) is 29.9 Å². The van der Waals surface area contributed by atoms with Crippen molar-refractivity contribution < 1.29 is 0 Å². The molecule has 3 nitrogen and oxygen atoms in total. The van der Waals surface area contributed by atoms with E-state index in [-0.39, 0.29) is 0 Å². The fourth-order valence-corrected chi connectivity index (χ4v) is 2.85. The first-order valence-corrected chi connectivity index (χ1v) is 6.65. The van der Waals surface area contributed by atoms with Crippen molar-refractivity contribution in [3.05, 3.63) is 47.8 Å². The maximum Gasteiger partial charge on any atom is 0.0710 e. The van der Waals surface area contributed by atoms with Gasteiger partial charge in [0, 0.05) is 18.4 Å². The lowest BCUT2D eigenvalue weighted by molar-refractivity contribution is 0.445. The molecule has 2 unspecified atom stereocenters. The highest BCUT2D eigenvalue weighted by Gasteiger charge is 2.27. The molecule has 0 saturated heterocycles. The highest BCUT2D eigenvalue weighted by Crippen LogP contribution is 2.36. The zero-order valence-corrected chi connectivity index (χ0v) is 10.9. The van der Waals surface area contributed by atoms with Crippen LogP contribution in [0.2, 0.25) is 0 Å². The molecule has 0 saturated carbocycles. The molecule has 1 aromatic heterocycles. The average molecular weight is 241 g/mol. The van der Waals surface area contributed by atoms with E-state index < -0.39 is 0 Å². The summed E-state index contributed by atoms with van der Waals surface area (Å²) in [6.07, 6.45) is 3.02. The van der Waals surface area contributed by atoms with Crippen molar-refractivity contribution >= 4 is 5.69 Å². The summed E-state index contributed by atoms with van der Waals surface area (Å²) in [6, 6.07) is 11.1. The van der Waals surface area contributed by atoms with Gasteiger partial charge in [-0.3, -0.25) is 4.68 Å². The lowest BCUT2D eigenvalue weighted by atomic mass is 9.87. The maximum atomic E-state index is 4.38. The molecular weight excluding hydrogens is 222 g/mol. The van der Waals surface area contributed by atoms with Gasteiger partial charge in [0.1, 0.15) is 0 Å². The molecule has 2 atom stereocenters. The minimum Gasteiger partial charge on any atom is -0.376 e. The summed E-state index contributed by atoms with van der Waals surface area (Å²) in [5.41, 5.74) is 3.98. The van der Waals surface area contributed by atoms with Crippen LogP contribution < -0.4 is 5.32 Å². The molecule has 0 bridgehead atoms. The smallest absolute Gasteiger partial charge is 0.0710 e. The Morgan fingerprint density at radius 2 is 2.17 bits per heavy atom. The van der Waals surface area contributed by atoms with Crippen LogP contribution in [-0.2, 0) is 13.0 Å². The molecule has 2 aromatic rings. The molecule has 1 aromatic carbocycles. The van der Waals surface area contributed by atoms with E-state index in [0.29, 0.717) is 12.0 Å². The summed E-state index contributed by atoms with van der Waals surface area (Å²) >= 11 is 0. The molecule has 18 heavy (non-hydrogen) atoms. The summed E-state index contributed by atoms with van der Waals surface area (Å²) in [5.74, 6) is 0.585. The molecule has 3 heteroatoms. The number of hydrogen-bond donors (Lipinski definition) is 1. The lowest BCUT2D eigenvalue weighted by Gasteiger charge is -2.33. The molecular formula is C15H19N3. The summed E-state index contributed by atoms with van der Waals surface area (Å²) in [5, 5.41) is 8.04. The molecule has 94 valence electrons. The fourth-order valence-electron chi connectivity index (χ4n) is 2.85. The zero-order valence-electron chi connectivity index (χ0n) is 10.9. The molecule has 0 aliphatic carbocycles. The van der Waals surface area contributed by atoms with E-state index in [1.54, 1.807) is 0 Å². The van der Waals surface area contributed by atoms with E-state index in [2.05, 4.69) is 59.3 Å². The number of aryl methyl sites for hydroxylation is 1. The average Bonchev–Trinajstić information content (AvgIpc) is 2.86. The largest absolute Gasteiger partial charge is 0.376 e. The van der Waals surface area contributed by atoms with Crippen LogP contribution in [0.5, 0.6) is 0 Å². The van der Waals surface area contributed by atoms with Crippen LogP contribution in [0.4, 0.5) is 5.69 Å². The van der Waals surface area contributed by atoms with Gasteiger partial charge >= 0.3 is 0 Å². The van der Waals surface area contributed by atoms with Crippen LogP contribution in [0, 0.1) is 5.92 Å². The van der Waals surface area contributed by atoms with Crippen molar-refractivity contribution in [2.45, 2.75) is 32.9 Å². The van der Waals surface area contributed by atoms with E-state index in [1.165, 1.54) is 16.9 Å². The molecule has 1 aliphatic heterocycles. The van der Waals surface area contributed by atoms with Crippen LogP contribution in [0.1, 0.15) is 31.1 Å². The Hall–Kier alpha value is -1.77. The number of benzene rings is 1. The van der Waals surface area contributed by atoms with Gasteiger partial charge in [-0.1, -0.05) is 25.1 Å². The third kappa shape index (κ3) is 1.80. The summed E-state index contributed by atoms with van der Waals surface area (Å²) in [4.78, 5) is 0. The van der Waals surface area contributed by atoms with Crippen molar-refractivity contribution in [1.29, 1.82) is 0 Å². The third-order valence-electron chi connectivity index (χ3n) is 3.81. The normalized spacial score (nSPS) is 22.3. The molecule has 0 radical (unpaired) electrons. The summed E-state index contributed by atoms with van der Waals surface area (Å²) < 4.78 is 2.09. The van der Waals surface area contributed by atoms with Crippen molar-refractivity contribution in [3.63, 3.8) is 0 Å². The number of nitrogens with one attached hydrogen (secondary N) is 1. The predicted octanol–water partition coefficient (Wildman–Crippen LogP) is 3.25. The molecule has 1 N–H and O–H groups in total. The van der Waals surface area contributed by atoms with Gasteiger partial charge in [0.2, 0.25) is 0 Å². The van der Waals surface area contributed by atoms with Gasteiger partial charge in [-0.2, -0.15) is 5.10 Å². The Balaban J connectivity index is 1.96. The Morgan fingerprint density at radius 1 is 1.33 bits per heavy atom. The molecule has 2 heterocycles. The Bertz CT molecular complexity index is 544. The molecule has 0 amide bonds. The minimum atomic E-state index is 0.363. The zero-order chi connectivity index (χ0) is 12.5. The first kappa shape index (κ1) is 11.3. The number of nitrogens with zero attached hydrogens (tertiary/aromatic N) is 2. The standard InChI is InChI=1S/C15H19N3/c1-3-18-14(8-9-16-18)15-11(2)10-12-6-4-5-7-13(12)17-15/h4-9,11,15,17H,3,10H2,1-2H3. The van der Waals surface area contributed by atoms with E-state index in [1.807, 2.05) is 6.20 Å². The molecule has 0 fully saturated rings. The van der Waals surface area contributed by atoms with Crippen LogP contribution >= 0.6 is 0 Å². The highest BCUT2D eigenvalue weighted by atomic mass is 15.3. The number of rotatable bonds is 2. The van der Waals surface area contributed by atoms with Crippen LogP contribution in [0.25, 0.3) is 0 Å². The van der Waals surface area contributed by atoms with Gasteiger partial charge < -0.3 is 5.32 Å². The van der Waals surface area contributed by atoms with Gasteiger partial charge in [0.05, 0.1) is 11.7 Å². The third-order valence-corrected chi connectivity index (χ3v) is 3.81. The monoisotopic (exact) mass is 241 g/mol. The lowest BCUT2D eigenvalue weighted by Crippen LogP contribution is -2.28. The number of para-hydroxylation sites is 1. The van der Waals surface area contributed by atoms with Crippen molar-refractivity contribution in [3.8, 4) is 0 Å². The Labute approximate surface area is 108 Å². The van der Waals surface area contributed by atoms with Gasteiger partial charge in [-0.05, 0) is 37.0 Å². The first-order chi connectivity index (χ1) is 8.79. The van der Waals surface area contributed by atoms with E-state index in [0.717, 1.165) is 13.0 Å². The van der Waals surface area contributed by atoms with Gasteiger partial charge in [0.25, 0.3) is 0 Å². The Morgan fingerprint density at radius 3 is 3.00 bits per heavy atom. The molecule has 1 aliphatic rings. The predicted molar refractivity (Wildman–Crippen MR) is 73.6 cm³/mol. The van der Waals surface area contributed by atoms with Crippen molar-refractivity contribution in [2.24, 2.45) is 5.92 Å². The number of hydrogen-bond acceptors (Lipinski definition) is 2. The second-order valence-corrected chi connectivity index (χ2v) is 5.03. The second-order valence-electron chi connectivity index (χ2n) is 5.03. The van der Waals surface area contributed by atoms with Crippen LogP contribution in [0.3, 0.4) is 0 Å². The first-order valence-electron chi connectivity index (χ1n) is 6.65. The summed E-state index contributed by atoms with van der Waals surface area (Å²) in [6.45, 7) is 5.37. The van der Waals surface area contributed by atoms with Crippen molar-refractivity contribution in [1.82, 2.24) is 9.78 Å². The van der Waals surface area contributed by atoms with E-state index >= 15 is 0 Å². The van der Waals surface area contributed by atoms with Crippen LogP contribution in [-0.4, -0.2) is 9.78 Å². The molecule has 3 rings (SSSR count). The number of aromatic nitrogens is 2. The van der Waals surface area contributed by atoms with Crippen LogP contribution in [0.15, 0.2) is 36.5 Å². The Kier molecular flexibility index (Phi) is 2.82. The number of anilines is 1. The second kappa shape index (κ2) is 4.48. The van der Waals surface area contributed by atoms with Crippen molar-refractivity contribution in [2.75, 3.05) is 5.32 Å². The summed E-state index contributed by atoms with van der Waals surface area (Å²) in [7, 11) is 0. The van der Waals surface area contributed by atoms with Gasteiger partial charge in [0.15, 0.2) is 0 Å². The SMILES string of the molecule is CCn1nccc1C1Nc2ccccc2CC1C. The fraction of sp³-hybridized carbons (Fsp3) is 0.400. The minimum absolute atomic E-state index is 0.363. The highest BCUT2D eigenvalue weighted by molar-refractivity contribution is 5.54. The number of fused-ring (bicyclic) bond motifs is 1. The maximum absolute atomic E-state index is 4.38. The van der Waals surface area contributed by atoms with Gasteiger partial charge in [-0.15, -0.1) is 0 Å². The van der Waals surface area contributed by atoms with Gasteiger partial charge in [-0.25, -0.2) is 0 Å². The van der Waals surface area contributed by atoms with E-state index in [9.17, 15) is 0 Å². The van der Waals surface area contributed by atoms with E-state index in [4.69, 9.17) is 0 Å². The molecule has 0 spiro atoms. The quantitative estimate of drug-likeness (QED) is 0.874.